The zero-order chi connectivity index (χ0) is 14.8. The first-order valence-electron chi connectivity index (χ1n) is 7.66. The predicted octanol–water partition coefficient (Wildman–Crippen LogP) is 2.16. The molecule has 3 rings (SSSR count). The summed E-state index contributed by atoms with van der Waals surface area (Å²) in [7, 11) is 2.18. The lowest BCUT2D eigenvalue weighted by atomic mass is 9.97. The number of fused-ring (bicyclic) bond motifs is 1. The standard InChI is InChI=1S/C16H23N3O2/c1-11-16(20)18-14-9-13(3-4-15(14)21-11)17-10-12-5-7-19(2)8-6-12/h3-4,9,11-12,17H,5-8,10H2,1-2H3,(H,18,20). The molecule has 2 heterocycles. The normalized spacial score (nSPS) is 23.1. The molecule has 21 heavy (non-hydrogen) atoms. The van der Waals surface area contributed by atoms with Crippen molar-refractivity contribution >= 4 is 17.3 Å². The average Bonchev–Trinajstić information content (AvgIpc) is 2.48. The van der Waals surface area contributed by atoms with Crippen LogP contribution in [0.1, 0.15) is 19.8 Å². The average molecular weight is 289 g/mol. The van der Waals surface area contributed by atoms with Crippen LogP contribution in [0.4, 0.5) is 11.4 Å². The van der Waals surface area contributed by atoms with Gasteiger partial charge in [-0.3, -0.25) is 4.79 Å². The highest BCUT2D eigenvalue weighted by Crippen LogP contribution is 2.32. The second kappa shape index (κ2) is 5.93. The number of hydrogen-bond donors (Lipinski definition) is 2. The Morgan fingerprint density at radius 3 is 2.90 bits per heavy atom. The number of piperidine rings is 1. The van der Waals surface area contributed by atoms with E-state index in [4.69, 9.17) is 4.74 Å². The second-order valence-corrected chi connectivity index (χ2v) is 6.09. The van der Waals surface area contributed by atoms with E-state index in [9.17, 15) is 4.79 Å². The van der Waals surface area contributed by atoms with Crippen LogP contribution in [0.3, 0.4) is 0 Å². The fourth-order valence-electron chi connectivity index (χ4n) is 2.85. The predicted molar refractivity (Wildman–Crippen MR) is 83.9 cm³/mol. The minimum Gasteiger partial charge on any atom is -0.479 e. The zero-order valence-electron chi connectivity index (χ0n) is 12.7. The summed E-state index contributed by atoms with van der Waals surface area (Å²) < 4.78 is 5.56. The lowest BCUT2D eigenvalue weighted by Crippen LogP contribution is -2.34. The van der Waals surface area contributed by atoms with E-state index >= 15 is 0 Å². The lowest BCUT2D eigenvalue weighted by molar-refractivity contribution is -0.122. The van der Waals surface area contributed by atoms with Gasteiger partial charge in [0, 0.05) is 12.2 Å². The fraction of sp³-hybridized carbons (Fsp3) is 0.562. The van der Waals surface area contributed by atoms with Crippen LogP contribution in [0.25, 0.3) is 0 Å². The molecule has 0 aliphatic carbocycles. The molecule has 2 aliphatic heterocycles. The van der Waals surface area contributed by atoms with Crippen LogP contribution in [-0.4, -0.2) is 43.6 Å². The molecule has 1 atom stereocenters. The topological polar surface area (TPSA) is 53.6 Å². The van der Waals surface area contributed by atoms with Gasteiger partial charge in [-0.1, -0.05) is 0 Å². The van der Waals surface area contributed by atoms with E-state index in [1.54, 1.807) is 6.92 Å². The van der Waals surface area contributed by atoms with Crippen LogP contribution in [0.2, 0.25) is 0 Å². The number of carbonyl (C=O) groups is 1. The smallest absolute Gasteiger partial charge is 0.265 e. The Morgan fingerprint density at radius 2 is 2.14 bits per heavy atom. The first-order chi connectivity index (χ1) is 10.1. The molecule has 0 spiro atoms. The largest absolute Gasteiger partial charge is 0.479 e. The third-order valence-corrected chi connectivity index (χ3v) is 4.34. The number of likely N-dealkylation sites (tertiary alicyclic amines) is 1. The van der Waals surface area contributed by atoms with Gasteiger partial charge in [0.2, 0.25) is 0 Å². The molecule has 1 aromatic carbocycles. The van der Waals surface area contributed by atoms with Crippen LogP contribution >= 0.6 is 0 Å². The number of hydrogen-bond acceptors (Lipinski definition) is 4. The molecular formula is C16H23N3O2. The summed E-state index contributed by atoms with van der Waals surface area (Å²) in [6.07, 6.45) is 2.06. The summed E-state index contributed by atoms with van der Waals surface area (Å²) in [6, 6.07) is 5.88. The van der Waals surface area contributed by atoms with E-state index in [2.05, 4.69) is 22.6 Å². The Bertz CT molecular complexity index is 524. The van der Waals surface area contributed by atoms with Crippen molar-refractivity contribution in [3.05, 3.63) is 18.2 Å². The zero-order valence-corrected chi connectivity index (χ0v) is 12.7. The van der Waals surface area contributed by atoms with Gasteiger partial charge in [-0.15, -0.1) is 0 Å². The number of nitrogens with zero attached hydrogens (tertiary/aromatic N) is 1. The summed E-state index contributed by atoms with van der Waals surface area (Å²) in [5.41, 5.74) is 1.79. The van der Waals surface area contributed by atoms with Crippen molar-refractivity contribution in [2.24, 2.45) is 5.92 Å². The summed E-state index contributed by atoms with van der Waals surface area (Å²) >= 11 is 0. The number of ether oxygens (including phenoxy) is 1. The van der Waals surface area contributed by atoms with Crippen molar-refractivity contribution in [3.8, 4) is 5.75 Å². The highest BCUT2D eigenvalue weighted by Gasteiger charge is 2.23. The molecule has 2 aliphatic rings. The first kappa shape index (κ1) is 14.2. The second-order valence-electron chi connectivity index (χ2n) is 6.09. The van der Waals surface area contributed by atoms with E-state index in [-0.39, 0.29) is 5.91 Å². The van der Waals surface area contributed by atoms with E-state index in [0.717, 1.165) is 29.6 Å². The summed E-state index contributed by atoms with van der Waals surface area (Å²) in [4.78, 5) is 14.0. The van der Waals surface area contributed by atoms with Gasteiger partial charge in [0.25, 0.3) is 5.91 Å². The number of carbonyl (C=O) groups excluding carboxylic acids is 1. The van der Waals surface area contributed by atoms with Crippen molar-refractivity contribution in [1.29, 1.82) is 0 Å². The molecule has 5 heteroatoms. The Labute approximate surface area is 125 Å². The maximum atomic E-state index is 11.6. The Hall–Kier alpha value is -1.75. The Morgan fingerprint density at radius 1 is 1.38 bits per heavy atom. The van der Waals surface area contributed by atoms with E-state index < -0.39 is 6.10 Å². The molecule has 1 aromatic rings. The molecule has 1 saturated heterocycles. The van der Waals surface area contributed by atoms with Crippen LogP contribution < -0.4 is 15.4 Å². The lowest BCUT2D eigenvalue weighted by Gasteiger charge is -2.29. The van der Waals surface area contributed by atoms with Crippen molar-refractivity contribution in [3.63, 3.8) is 0 Å². The summed E-state index contributed by atoms with van der Waals surface area (Å²) in [5.74, 6) is 1.38. The molecule has 1 fully saturated rings. The Kier molecular flexibility index (Phi) is 4.01. The van der Waals surface area contributed by atoms with Gasteiger partial charge in [0.05, 0.1) is 5.69 Å². The monoisotopic (exact) mass is 289 g/mol. The summed E-state index contributed by atoms with van der Waals surface area (Å²) in [6.45, 7) is 5.10. The number of anilines is 2. The summed E-state index contributed by atoms with van der Waals surface area (Å²) in [5, 5.41) is 6.36. The van der Waals surface area contributed by atoms with Gasteiger partial charge in [-0.25, -0.2) is 0 Å². The Balaban J connectivity index is 1.59. The van der Waals surface area contributed by atoms with E-state index in [1.165, 1.54) is 25.9 Å². The van der Waals surface area contributed by atoms with Crippen molar-refractivity contribution in [1.82, 2.24) is 4.90 Å². The van der Waals surface area contributed by atoms with Gasteiger partial charge < -0.3 is 20.3 Å². The minimum absolute atomic E-state index is 0.0880. The number of benzene rings is 1. The van der Waals surface area contributed by atoms with Gasteiger partial charge >= 0.3 is 0 Å². The van der Waals surface area contributed by atoms with Crippen LogP contribution in [-0.2, 0) is 4.79 Å². The maximum Gasteiger partial charge on any atom is 0.265 e. The van der Waals surface area contributed by atoms with Crippen LogP contribution in [0, 0.1) is 5.92 Å². The minimum atomic E-state index is -0.421. The van der Waals surface area contributed by atoms with Crippen LogP contribution in [0.5, 0.6) is 5.75 Å². The highest BCUT2D eigenvalue weighted by molar-refractivity contribution is 5.98. The molecule has 0 aromatic heterocycles. The maximum absolute atomic E-state index is 11.6. The number of rotatable bonds is 3. The molecule has 1 unspecified atom stereocenters. The van der Waals surface area contributed by atoms with Gasteiger partial charge in [-0.05, 0) is 64.0 Å². The molecule has 0 bridgehead atoms. The highest BCUT2D eigenvalue weighted by atomic mass is 16.5. The van der Waals surface area contributed by atoms with E-state index in [1.807, 2.05) is 18.2 Å². The van der Waals surface area contributed by atoms with Gasteiger partial charge in [0.15, 0.2) is 6.10 Å². The third kappa shape index (κ3) is 3.29. The fourth-order valence-corrected chi connectivity index (χ4v) is 2.85. The van der Waals surface area contributed by atoms with Crippen molar-refractivity contribution < 1.29 is 9.53 Å². The van der Waals surface area contributed by atoms with Gasteiger partial charge in [0.1, 0.15) is 5.75 Å². The molecule has 114 valence electrons. The molecular weight excluding hydrogens is 266 g/mol. The van der Waals surface area contributed by atoms with Crippen molar-refractivity contribution in [2.75, 3.05) is 37.3 Å². The first-order valence-corrected chi connectivity index (χ1v) is 7.66. The molecule has 0 saturated carbocycles. The molecule has 5 nitrogen and oxygen atoms in total. The quantitative estimate of drug-likeness (QED) is 0.895. The molecule has 0 radical (unpaired) electrons. The number of amides is 1. The number of nitrogens with one attached hydrogen (secondary N) is 2. The molecule has 1 amide bonds. The SMILES string of the molecule is CC1Oc2ccc(NCC3CCN(C)CC3)cc2NC1=O. The molecule has 2 N–H and O–H groups in total. The van der Waals surface area contributed by atoms with Gasteiger partial charge in [-0.2, -0.15) is 0 Å². The third-order valence-electron chi connectivity index (χ3n) is 4.34. The van der Waals surface area contributed by atoms with Crippen molar-refractivity contribution in [2.45, 2.75) is 25.9 Å². The van der Waals surface area contributed by atoms with Crippen LogP contribution in [0.15, 0.2) is 18.2 Å². The van der Waals surface area contributed by atoms with E-state index in [0.29, 0.717) is 0 Å².